The highest BCUT2D eigenvalue weighted by Crippen LogP contribution is 2.23. The first-order valence-corrected chi connectivity index (χ1v) is 10.6. The minimum atomic E-state index is -0.268. The molecule has 0 bridgehead atoms. The number of nitrogens with one attached hydrogen (secondary N) is 1. The Morgan fingerprint density at radius 3 is 2.45 bits per heavy atom. The first-order valence-electron chi connectivity index (χ1n) is 10.6. The van der Waals surface area contributed by atoms with E-state index < -0.39 is 0 Å². The maximum Gasteiger partial charge on any atom is 0.253 e. The quantitative estimate of drug-likeness (QED) is 0.662. The molecule has 0 radical (unpaired) electrons. The normalized spacial score (nSPS) is 14.2. The fourth-order valence-electron chi connectivity index (χ4n) is 3.88. The zero-order chi connectivity index (χ0) is 21.6. The van der Waals surface area contributed by atoms with E-state index in [0.717, 1.165) is 18.4 Å². The molecule has 0 spiro atoms. The van der Waals surface area contributed by atoms with Crippen LogP contribution in [0.1, 0.15) is 42.5 Å². The van der Waals surface area contributed by atoms with Crippen molar-refractivity contribution in [3.63, 3.8) is 0 Å². The van der Waals surface area contributed by atoms with Gasteiger partial charge in [0.05, 0.1) is 0 Å². The van der Waals surface area contributed by atoms with E-state index in [1.807, 2.05) is 42.3 Å². The standard InChI is InChI=1S/C23H26N6O2/c1-28(20-10-6-3-7-11-20)23(31)18-12-14-19(15-13-18)24-21(30)16-29-26-22(25-27-29)17-8-4-2-5-9-17/h2,4-5,8-9,12-15,20H,3,6-7,10-11,16H2,1H3,(H,24,30). The molecule has 0 unspecified atom stereocenters. The summed E-state index contributed by atoms with van der Waals surface area (Å²) >= 11 is 0. The summed E-state index contributed by atoms with van der Waals surface area (Å²) in [6.07, 6.45) is 5.75. The third-order valence-electron chi connectivity index (χ3n) is 5.63. The van der Waals surface area contributed by atoms with Crippen molar-refractivity contribution >= 4 is 17.5 Å². The van der Waals surface area contributed by atoms with Crippen LogP contribution in [0.25, 0.3) is 11.4 Å². The first-order chi connectivity index (χ1) is 15.1. The number of nitrogens with zero attached hydrogens (tertiary/aromatic N) is 5. The van der Waals surface area contributed by atoms with Gasteiger partial charge in [-0.05, 0) is 42.3 Å². The number of tetrazole rings is 1. The Bertz CT molecular complexity index is 1030. The topological polar surface area (TPSA) is 93.0 Å². The van der Waals surface area contributed by atoms with E-state index in [0.29, 0.717) is 23.1 Å². The molecule has 0 aliphatic heterocycles. The molecule has 1 N–H and O–H groups in total. The Labute approximate surface area is 181 Å². The van der Waals surface area contributed by atoms with Gasteiger partial charge in [-0.2, -0.15) is 4.80 Å². The van der Waals surface area contributed by atoms with Gasteiger partial charge in [0.1, 0.15) is 6.54 Å². The van der Waals surface area contributed by atoms with Gasteiger partial charge in [-0.3, -0.25) is 9.59 Å². The summed E-state index contributed by atoms with van der Waals surface area (Å²) in [4.78, 5) is 28.2. The molecule has 160 valence electrons. The molecule has 2 amide bonds. The van der Waals surface area contributed by atoms with Gasteiger partial charge in [0, 0.05) is 29.9 Å². The highest BCUT2D eigenvalue weighted by molar-refractivity contribution is 5.95. The van der Waals surface area contributed by atoms with Crippen LogP contribution in [-0.2, 0) is 11.3 Å². The summed E-state index contributed by atoms with van der Waals surface area (Å²) in [6.45, 7) is -0.0507. The molecule has 31 heavy (non-hydrogen) atoms. The van der Waals surface area contributed by atoms with E-state index in [1.54, 1.807) is 24.3 Å². The Balaban J connectivity index is 1.33. The largest absolute Gasteiger partial charge is 0.339 e. The third kappa shape index (κ3) is 5.14. The zero-order valence-corrected chi connectivity index (χ0v) is 17.6. The SMILES string of the molecule is CN(C(=O)c1ccc(NC(=O)Cn2nnc(-c3ccccc3)n2)cc1)C1CCCCC1. The predicted molar refractivity (Wildman–Crippen MR) is 117 cm³/mol. The summed E-state index contributed by atoms with van der Waals surface area (Å²) in [6, 6.07) is 16.8. The van der Waals surface area contributed by atoms with Crippen molar-refractivity contribution in [2.75, 3.05) is 12.4 Å². The van der Waals surface area contributed by atoms with Gasteiger partial charge >= 0.3 is 0 Å². The Morgan fingerprint density at radius 1 is 1.03 bits per heavy atom. The molecule has 2 aromatic carbocycles. The van der Waals surface area contributed by atoms with Crippen molar-refractivity contribution in [3.05, 3.63) is 60.2 Å². The molecular weight excluding hydrogens is 392 g/mol. The van der Waals surface area contributed by atoms with E-state index in [4.69, 9.17) is 0 Å². The molecule has 1 aliphatic carbocycles. The summed E-state index contributed by atoms with van der Waals surface area (Å²) in [7, 11) is 1.88. The van der Waals surface area contributed by atoms with Crippen LogP contribution in [0, 0.1) is 0 Å². The van der Waals surface area contributed by atoms with E-state index in [-0.39, 0.29) is 18.4 Å². The lowest BCUT2D eigenvalue weighted by Gasteiger charge is -2.31. The number of amides is 2. The van der Waals surface area contributed by atoms with Gasteiger partial charge in [-0.15, -0.1) is 10.2 Å². The highest BCUT2D eigenvalue weighted by Gasteiger charge is 2.23. The van der Waals surface area contributed by atoms with Crippen molar-refractivity contribution in [3.8, 4) is 11.4 Å². The average molecular weight is 419 g/mol. The van der Waals surface area contributed by atoms with Crippen molar-refractivity contribution in [1.82, 2.24) is 25.1 Å². The molecule has 8 heteroatoms. The van der Waals surface area contributed by atoms with Crippen LogP contribution in [-0.4, -0.2) is 50.0 Å². The molecule has 1 aliphatic rings. The monoisotopic (exact) mass is 418 g/mol. The van der Waals surface area contributed by atoms with Gasteiger partial charge in [0.15, 0.2) is 0 Å². The van der Waals surface area contributed by atoms with Crippen LogP contribution in [0.4, 0.5) is 5.69 Å². The highest BCUT2D eigenvalue weighted by atomic mass is 16.2. The van der Waals surface area contributed by atoms with Crippen LogP contribution in [0.5, 0.6) is 0 Å². The number of anilines is 1. The molecule has 1 fully saturated rings. The van der Waals surface area contributed by atoms with E-state index in [1.165, 1.54) is 24.1 Å². The number of carbonyl (C=O) groups is 2. The molecular formula is C23H26N6O2. The van der Waals surface area contributed by atoms with Crippen molar-refractivity contribution in [2.45, 2.75) is 44.7 Å². The minimum absolute atomic E-state index is 0.0185. The average Bonchev–Trinajstić information content (AvgIpc) is 3.28. The lowest BCUT2D eigenvalue weighted by Crippen LogP contribution is -2.38. The maximum absolute atomic E-state index is 12.7. The van der Waals surface area contributed by atoms with Crippen LogP contribution >= 0.6 is 0 Å². The van der Waals surface area contributed by atoms with E-state index in [9.17, 15) is 9.59 Å². The van der Waals surface area contributed by atoms with Gasteiger partial charge < -0.3 is 10.2 Å². The Hall–Kier alpha value is -3.55. The fourth-order valence-corrected chi connectivity index (χ4v) is 3.88. The number of hydrogen-bond donors (Lipinski definition) is 1. The summed E-state index contributed by atoms with van der Waals surface area (Å²) in [5.74, 6) is 0.221. The number of rotatable bonds is 6. The second kappa shape index (κ2) is 9.51. The Morgan fingerprint density at radius 2 is 1.74 bits per heavy atom. The molecule has 1 heterocycles. The smallest absolute Gasteiger partial charge is 0.253 e. The first kappa shape index (κ1) is 20.7. The predicted octanol–water partition coefficient (Wildman–Crippen LogP) is 3.38. The van der Waals surface area contributed by atoms with Crippen LogP contribution in [0.15, 0.2) is 54.6 Å². The number of carbonyl (C=O) groups excluding carboxylic acids is 2. The molecule has 1 saturated carbocycles. The van der Waals surface area contributed by atoms with Crippen LogP contribution in [0.3, 0.4) is 0 Å². The molecule has 4 rings (SSSR count). The summed E-state index contributed by atoms with van der Waals surface area (Å²) < 4.78 is 0. The van der Waals surface area contributed by atoms with E-state index in [2.05, 4.69) is 20.7 Å². The maximum atomic E-state index is 12.7. The van der Waals surface area contributed by atoms with Crippen LogP contribution in [0.2, 0.25) is 0 Å². The number of aromatic nitrogens is 4. The second-order valence-corrected chi connectivity index (χ2v) is 7.84. The summed E-state index contributed by atoms with van der Waals surface area (Å²) in [5, 5.41) is 15.0. The summed E-state index contributed by atoms with van der Waals surface area (Å²) in [5.41, 5.74) is 2.08. The van der Waals surface area contributed by atoms with Crippen molar-refractivity contribution in [1.29, 1.82) is 0 Å². The second-order valence-electron chi connectivity index (χ2n) is 7.84. The van der Waals surface area contributed by atoms with Crippen molar-refractivity contribution < 1.29 is 9.59 Å². The third-order valence-corrected chi connectivity index (χ3v) is 5.63. The molecule has 8 nitrogen and oxygen atoms in total. The van der Waals surface area contributed by atoms with Gasteiger partial charge in [-0.25, -0.2) is 0 Å². The van der Waals surface area contributed by atoms with Crippen LogP contribution < -0.4 is 5.32 Å². The van der Waals surface area contributed by atoms with Crippen molar-refractivity contribution in [2.24, 2.45) is 0 Å². The number of hydrogen-bond acceptors (Lipinski definition) is 5. The molecule has 0 saturated heterocycles. The molecule has 1 aromatic heterocycles. The Kier molecular flexibility index (Phi) is 6.35. The minimum Gasteiger partial charge on any atom is -0.339 e. The van der Waals surface area contributed by atoms with E-state index >= 15 is 0 Å². The van der Waals surface area contributed by atoms with Gasteiger partial charge in [0.25, 0.3) is 5.91 Å². The van der Waals surface area contributed by atoms with Gasteiger partial charge in [0.2, 0.25) is 11.7 Å². The lowest BCUT2D eigenvalue weighted by molar-refractivity contribution is -0.117. The number of benzene rings is 2. The molecule has 0 atom stereocenters. The molecule has 3 aromatic rings. The zero-order valence-electron chi connectivity index (χ0n) is 17.6. The lowest BCUT2D eigenvalue weighted by atomic mass is 9.94. The van der Waals surface area contributed by atoms with Gasteiger partial charge in [-0.1, -0.05) is 49.6 Å². The fraction of sp³-hybridized carbons (Fsp3) is 0.348.